The van der Waals surface area contributed by atoms with Crippen LogP contribution in [0.15, 0.2) is 65.7 Å². The lowest BCUT2D eigenvalue weighted by Crippen LogP contribution is -2.19. The second-order valence-corrected chi connectivity index (χ2v) is 11.3. The molecule has 0 saturated heterocycles. The number of hydrogen-bond acceptors (Lipinski definition) is 14. The highest BCUT2D eigenvalue weighted by atomic mass is 35.5. The summed E-state index contributed by atoms with van der Waals surface area (Å²) in [6.07, 6.45) is 0.726. The van der Waals surface area contributed by atoms with Crippen molar-refractivity contribution in [1.29, 1.82) is 0 Å². The van der Waals surface area contributed by atoms with Crippen LogP contribution in [0.5, 0.6) is 40.6 Å². The van der Waals surface area contributed by atoms with Gasteiger partial charge in [-0.2, -0.15) is 9.97 Å². The first-order valence-electron chi connectivity index (χ1n) is 13.7. The first-order chi connectivity index (χ1) is 22.8. The summed E-state index contributed by atoms with van der Waals surface area (Å²) in [4.78, 5) is 24.5. The van der Waals surface area contributed by atoms with Crippen LogP contribution < -0.4 is 38.5 Å². The second kappa shape index (κ2) is 15.4. The standard InChI is InChI=1S/C29H28ClN5O11S/c1-39-11-12-42-28-33-26(35-47(37,38)19-7-9-21-23(16-19)45-17-44-21)25(46-22-15-18(40-2)6-8-20(22)30)27(34-28)41-13-14-43-29(36)32-24-5-3-4-10-31-24/h3-10,15-16H,11-14,17H2,1-2H3,(H,31,32,36)(H,33,34,35). The second-order valence-electron chi connectivity index (χ2n) is 9.17. The number of benzene rings is 2. The number of aromatic nitrogens is 3. The summed E-state index contributed by atoms with van der Waals surface area (Å²) in [5, 5.41) is 2.62. The number of sulfonamides is 1. The molecule has 5 rings (SSSR count). The molecule has 1 amide bonds. The summed E-state index contributed by atoms with van der Waals surface area (Å²) >= 11 is 6.40. The Morgan fingerprint density at radius 1 is 0.957 bits per heavy atom. The molecule has 248 valence electrons. The van der Waals surface area contributed by atoms with Crippen molar-refractivity contribution in [3.8, 4) is 40.6 Å². The van der Waals surface area contributed by atoms with E-state index in [2.05, 4.69) is 25.0 Å². The molecule has 0 spiro atoms. The first-order valence-corrected chi connectivity index (χ1v) is 15.6. The summed E-state index contributed by atoms with van der Waals surface area (Å²) in [7, 11) is -1.41. The Hall–Kier alpha value is -5.26. The monoisotopic (exact) mass is 689 g/mol. The van der Waals surface area contributed by atoms with E-state index >= 15 is 0 Å². The van der Waals surface area contributed by atoms with Gasteiger partial charge in [0.05, 0.1) is 23.6 Å². The number of nitrogens with one attached hydrogen (secondary N) is 2. The van der Waals surface area contributed by atoms with Gasteiger partial charge >= 0.3 is 12.1 Å². The van der Waals surface area contributed by atoms with E-state index in [1.165, 1.54) is 50.7 Å². The maximum atomic E-state index is 13.6. The number of rotatable bonds is 15. The van der Waals surface area contributed by atoms with Crippen LogP contribution in [0.4, 0.5) is 16.4 Å². The minimum atomic E-state index is -4.33. The molecule has 2 N–H and O–H groups in total. The van der Waals surface area contributed by atoms with Crippen LogP contribution in [0, 0.1) is 0 Å². The average Bonchev–Trinajstić information content (AvgIpc) is 3.54. The number of hydrogen-bond donors (Lipinski definition) is 2. The van der Waals surface area contributed by atoms with Crippen LogP contribution >= 0.6 is 11.6 Å². The lowest BCUT2D eigenvalue weighted by atomic mass is 10.3. The fraction of sp³-hybridized carbons (Fsp3) is 0.241. The van der Waals surface area contributed by atoms with Gasteiger partial charge in [0.25, 0.3) is 15.9 Å². The molecule has 0 radical (unpaired) electrons. The molecule has 0 atom stereocenters. The van der Waals surface area contributed by atoms with Crippen molar-refractivity contribution < 1.29 is 51.1 Å². The van der Waals surface area contributed by atoms with Gasteiger partial charge in [-0.05, 0) is 36.4 Å². The number of carbonyl (C=O) groups is 1. The van der Waals surface area contributed by atoms with E-state index in [9.17, 15) is 13.2 Å². The van der Waals surface area contributed by atoms with Crippen molar-refractivity contribution in [2.24, 2.45) is 0 Å². The van der Waals surface area contributed by atoms with E-state index in [0.717, 1.165) is 0 Å². The normalized spacial score (nSPS) is 11.8. The third kappa shape index (κ3) is 8.72. The van der Waals surface area contributed by atoms with Crippen LogP contribution in [0.2, 0.25) is 5.02 Å². The molecule has 18 heteroatoms. The van der Waals surface area contributed by atoms with Crippen molar-refractivity contribution in [2.45, 2.75) is 4.90 Å². The number of anilines is 2. The first kappa shape index (κ1) is 33.1. The van der Waals surface area contributed by atoms with E-state index < -0.39 is 16.1 Å². The number of ether oxygens (including phenoxy) is 8. The summed E-state index contributed by atoms with van der Waals surface area (Å²) in [5.74, 6) is 0.442. The highest BCUT2D eigenvalue weighted by Crippen LogP contribution is 2.42. The summed E-state index contributed by atoms with van der Waals surface area (Å²) in [5.41, 5.74) is 0. The lowest BCUT2D eigenvalue weighted by Gasteiger charge is -2.18. The molecule has 4 aromatic rings. The van der Waals surface area contributed by atoms with Gasteiger partial charge in [0.1, 0.15) is 37.1 Å². The number of methoxy groups -OCH3 is 2. The molecule has 1 aliphatic heterocycles. The molecule has 0 saturated carbocycles. The summed E-state index contributed by atoms with van der Waals surface area (Å²) < 4.78 is 73.2. The molecule has 3 heterocycles. The fourth-order valence-electron chi connectivity index (χ4n) is 3.83. The Labute approximate surface area is 273 Å². The van der Waals surface area contributed by atoms with Gasteiger partial charge in [0.2, 0.25) is 12.5 Å². The molecule has 47 heavy (non-hydrogen) atoms. The highest BCUT2D eigenvalue weighted by Gasteiger charge is 2.27. The lowest BCUT2D eigenvalue weighted by molar-refractivity contribution is 0.131. The molecule has 0 bridgehead atoms. The zero-order valence-corrected chi connectivity index (χ0v) is 26.5. The van der Waals surface area contributed by atoms with Crippen LogP contribution in [0.25, 0.3) is 0 Å². The number of amides is 1. The Kier molecular flexibility index (Phi) is 10.8. The predicted molar refractivity (Wildman–Crippen MR) is 166 cm³/mol. The molecule has 0 aliphatic carbocycles. The zero-order chi connectivity index (χ0) is 33.2. The topological polar surface area (TPSA) is 188 Å². The summed E-state index contributed by atoms with van der Waals surface area (Å²) in [6.45, 7) is -0.354. The molecule has 2 aromatic carbocycles. The van der Waals surface area contributed by atoms with Gasteiger partial charge in [0, 0.05) is 25.4 Å². The highest BCUT2D eigenvalue weighted by molar-refractivity contribution is 7.92. The predicted octanol–water partition coefficient (Wildman–Crippen LogP) is 4.51. The molecule has 1 aliphatic rings. The zero-order valence-electron chi connectivity index (χ0n) is 24.9. The van der Waals surface area contributed by atoms with Crippen LogP contribution in [-0.4, -0.2) is 76.9 Å². The van der Waals surface area contributed by atoms with Crippen LogP contribution in [-0.2, 0) is 19.5 Å². The van der Waals surface area contributed by atoms with Crippen molar-refractivity contribution >= 4 is 39.4 Å². The van der Waals surface area contributed by atoms with E-state index in [1.807, 2.05) is 0 Å². The number of halogens is 1. The molecular formula is C29H28ClN5O11S. The van der Waals surface area contributed by atoms with E-state index in [1.54, 1.807) is 24.3 Å². The Bertz CT molecular complexity index is 1820. The number of carbonyl (C=O) groups excluding carboxylic acids is 1. The van der Waals surface area contributed by atoms with Crippen molar-refractivity contribution in [2.75, 3.05) is 57.5 Å². The minimum absolute atomic E-state index is 0.0169. The minimum Gasteiger partial charge on any atom is -0.497 e. The molecule has 0 unspecified atom stereocenters. The third-order valence-corrected chi connectivity index (χ3v) is 7.67. The van der Waals surface area contributed by atoms with Crippen molar-refractivity contribution in [3.63, 3.8) is 0 Å². The SMILES string of the molecule is COCCOc1nc(NS(=O)(=O)c2ccc3c(c2)OCO3)c(Oc2cc(OC)ccc2Cl)c(OCCOC(=O)Nc2ccccn2)n1. The fourth-order valence-corrected chi connectivity index (χ4v) is 5.01. The number of fused-ring (bicyclic) bond motifs is 1. The average molecular weight is 690 g/mol. The van der Waals surface area contributed by atoms with Gasteiger partial charge in [-0.1, -0.05) is 17.7 Å². The quantitative estimate of drug-likeness (QED) is 0.166. The summed E-state index contributed by atoms with van der Waals surface area (Å²) in [6, 6.07) is 13.4. The van der Waals surface area contributed by atoms with Crippen LogP contribution in [0.3, 0.4) is 0 Å². The maximum Gasteiger partial charge on any atom is 0.412 e. The number of pyridine rings is 1. The molecule has 16 nitrogen and oxygen atoms in total. The molecule has 0 fully saturated rings. The van der Waals surface area contributed by atoms with Gasteiger partial charge in [-0.3, -0.25) is 10.0 Å². The Balaban J connectivity index is 1.46. The van der Waals surface area contributed by atoms with Gasteiger partial charge in [0.15, 0.2) is 17.3 Å². The van der Waals surface area contributed by atoms with Gasteiger partial charge in [-0.15, -0.1) is 0 Å². The van der Waals surface area contributed by atoms with E-state index in [4.69, 9.17) is 49.5 Å². The molecule has 2 aromatic heterocycles. The smallest absolute Gasteiger partial charge is 0.412 e. The van der Waals surface area contributed by atoms with E-state index in [-0.39, 0.29) is 83.9 Å². The van der Waals surface area contributed by atoms with Crippen molar-refractivity contribution in [3.05, 3.63) is 65.8 Å². The largest absolute Gasteiger partial charge is 0.497 e. The maximum absolute atomic E-state index is 13.6. The Morgan fingerprint density at radius 2 is 1.79 bits per heavy atom. The van der Waals surface area contributed by atoms with Crippen molar-refractivity contribution in [1.82, 2.24) is 15.0 Å². The van der Waals surface area contributed by atoms with E-state index in [0.29, 0.717) is 11.5 Å². The number of nitrogens with zero attached hydrogens (tertiary/aromatic N) is 3. The third-order valence-electron chi connectivity index (χ3n) is 6.02. The van der Waals surface area contributed by atoms with Gasteiger partial charge in [-0.25, -0.2) is 18.2 Å². The van der Waals surface area contributed by atoms with Crippen LogP contribution in [0.1, 0.15) is 0 Å². The molecular weight excluding hydrogens is 662 g/mol. The van der Waals surface area contributed by atoms with Gasteiger partial charge < -0.3 is 37.9 Å². The Morgan fingerprint density at radius 3 is 2.57 bits per heavy atom.